The highest BCUT2D eigenvalue weighted by Crippen LogP contribution is 2.44. The number of nitrogens with two attached hydrogens (primary N) is 1. The molecule has 0 fully saturated rings. The number of Topliss-reactive ketones (excluding diaryl/α,β-unsaturated/α-hetero) is 1. The van der Waals surface area contributed by atoms with Gasteiger partial charge in [-0.15, -0.1) is 0 Å². The standard InChI is InChI=1S/C12H16ClNO4/c1-16-9-6-7(13)10(8(15)4-5-14)12(18-3)11(9)17-2/h6H,4-5,14H2,1-3H3. The van der Waals surface area contributed by atoms with Crippen LogP contribution in [-0.4, -0.2) is 33.7 Å². The highest BCUT2D eigenvalue weighted by Gasteiger charge is 2.24. The van der Waals surface area contributed by atoms with E-state index < -0.39 is 0 Å². The van der Waals surface area contributed by atoms with E-state index in [0.717, 1.165) is 0 Å². The van der Waals surface area contributed by atoms with Crippen LogP contribution in [0.25, 0.3) is 0 Å². The molecule has 0 heterocycles. The summed E-state index contributed by atoms with van der Waals surface area (Å²) in [5.41, 5.74) is 5.64. The number of ketones is 1. The van der Waals surface area contributed by atoms with Crippen molar-refractivity contribution in [2.24, 2.45) is 5.73 Å². The quantitative estimate of drug-likeness (QED) is 0.802. The molecule has 18 heavy (non-hydrogen) atoms. The van der Waals surface area contributed by atoms with E-state index in [9.17, 15) is 4.79 Å². The van der Waals surface area contributed by atoms with E-state index in [4.69, 9.17) is 31.5 Å². The molecular formula is C12H16ClNO4. The van der Waals surface area contributed by atoms with Crippen LogP contribution >= 0.6 is 11.6 Å². The summed E-state index contributed by atoms with van der Waals surface area (Å²) in [6, 6.07) is 1.52. The van der Waals surface area contributed by atoms with E-state index in [1.807, 2.05) is 0 Å². The maximum absolute atomic E-state index is 12.0. The lowest BCUT2D eigenvalue weighted by Crippen LogP contribution is -2.11. The number of ether oxygens (including phenoxy) is 3. The Kier molecular flexibility index (Phi) is 5.25. The van der Waals surface area contributed by atoms with Gasteiger partial charge in [0.05, 0.1) is 31.9 Å². The van der Waals surface area contributed by atoms with Crippen LogP contribution in [0, 0.1) is 0 Å². The Hall–Kier alpha value is -1.46. The third-order valence-corrected chi connectivity index (χ3v) is 2.73. The van der Waals surface area contributed by atoms with E-state index in [2.05, 4.69) is 0 Å². The zero-order valence-corrected chi connectivity index (χ0v) is 11.3. The van der Waals surface area contributed by atoms with Crippen molar-refractivity contribution in [1.82, 2.24) is 0 Å². The Morgan fingerprint density at radius 3 is 2.28 bits per heavy atom. The number of hydrogen-bond acceptors (Lipinski definition) is 5. The molecule has 0 aromatic heterocycles. The molecule has 0 spiro atoms. The van der Waals surface area contributed by atoms with Crippen molar-refractivity contribution in [1.29, 1.82) is 0 Å². The molecule has 0 radical (unpaired) electrons. The van der Waals surface area contributed by atoms with Crippen LogP contribution in [0.1, 0.15) is 16.8 Å². The van der Waals surface area contributed by atoms with Crippen LogP contribution < -0.4 is 19.9 Å². The number of rotatable bonds is 6. The fraction of sp³-hybridized carbons (Fsp3) is 0.417. The molecule has 6 heteroatoms. The van der Waals surface area contributed by atoms with Crippen LogP contribution in [0.2, 0.25) is 5.02 Å². The Morgan fingerprint density at radius 1 is 1.22 bits per heavy atom. The van der Waals surface area contributed by atoms with Crippen molar-refractivity contribution in [3.8, 4) is 17.2 Å². The van der Waals surface area contributed by atoms with Crippen molar-refractivity contribution < 1.29 is 19.0 Å². The molecule has 0 aliphatic carbocycles. The van der Waals surface area contributed by atoms with Gasteiger partial charge in [-0.25, -0.2) is 0 Å². The summed E-state index contributed by atoms with van der Waals surface area (Å²) in [7, 11) is 4.38. The van der Waals surface area contributed by atoms with E-state index in [1.54, 1.807) is 0 Å². The van der Waals surface area contributed by atoms with E-state index in [0.29, 0.717) is 11.5 Å². The zero-order chi connectivity index (χ0) is 13.7. The molecule has 0 amide bonds. The average molecular weight is 274 g/mol. The zero-order valence-electron chi connectivity index (χ0n) is 10.6. The van der Waals surface area contributed by atoms with Crippen molar-refractivity contribution in [2.75, 3.05) is 27.9 Å². The second-order valence-corrected chi connectivity index (χ2v) is 3.87. The molecule has 0 bridgehead atoms. The summed E-state index contributed by atoms with van der Waals surface area (Å²) in [6.45, 7) is 0.243. The normalized spacial score (nSPS) is 10.1. The summed E-state index contributed by atoms with van der Waals surface area (Å²) >= 11 is 6.07. The average Bonchev–Trinajstić information content (AvgIpc) is 2.37. The first-order valence-corrected chi connectivity index (χ1v) is 5.70. The molecule has 100 valence electrons. The van der Waals surface area contributed by atoms with Gasteiger partial charge in [-0.05, 0) is 6.54 Å². The first-order valence-electron chi connectivity index (χ1n) is 5.32. The Bertz CT molecular complexity index is 448. The van der Waals surface area contributed by atoms with Crippen molar-refractivity contribution in [2.45, 2.75) is 6.42 Å². The smallest absolute Gasteiger partial charge is 0.204 e. The fourth-order valence-corrected chi connectivity index (χ4v) is 1.93. The van der Waals surface area contributed by atoms with Gasteiger partial charge in [0, 0.05) is 12.5 Å². The van der Waals surface area contributed by atoms with Gasteiger partial charge in [-0.1, -0.05) is 11.6 Å². The minimum atomic E-state index is -0.194. The van der Waals surface area contributed by atoms with Gasteiger partial charge >= 0.3 is 0 Å². The molecule has 0 atom stereocenters. The van der Waals surface area contributed by atoms with Crippen LogP contribution in [-0.2, 0) is 0 Å². The lowest BCUT2D eigenvalue weighted by Gasteiger charge is -2.16. The van der Waals surface area contributed by atoms with Crippen LogP contribution in [0.15, 0.2) is 6.07 Å². The van der Waals surface area contributed by atoms with E-state index in [1.165, 1.54) is 27.4 Å². The summed E-state index contributed by atoms with van der Waals surface area (Å²) in [4.78, 5) is 12.0. The van der Waals surface area contributed by atoms with E-state index >= 15 is 0 Å². The highest BCUT2D eigenvalue weighted by molar-refractivity contribution is 6.34. The number of benzene rings is 1. The molecule has 1 aromatic carbocycles. The second-order valence-electron chi connectivity index (χ2n) is 3.46. The minimum absolute atomic E-state index is 0.186. The van der Waals surface area contributed by atoms with Gasteiger partial charge in [0.15, 0.2) is 17.3 Å². The van der Waals surface area contributed by atoms with Gasteiger partial charge in [0.2, 0.25) is 5.75 Å². The summed E-state index contributed by atoms with van der Waals surface area (Å²) in [6.07, 6.45) is 0.186. The largest absolute Gasteiger partial charge is 0.493 e. The van der Waals surface area contributed by atoms with Gasteiger partial charge in [-0.3, -0.25) is 4.79 Å². The molecule has 0 saturated carbocycles. The Labute approximate surface area is 111 Å². The van der Waals surface area contributed by atoms with Gasteiger partial charge in [0.25, 0.3) is 0 Å². The highest BCUT2D eigenvalue weighted by atomic mass is 35.5. The summed E-state index contributed by atoms with van der Waals surface area (Å²) in [5, 5.41) is 0.253. The third kappa shape index (κ3) is 2.68. The van der Waals surface area contributed by atoms with Crippen LogP contribution in [0.5, 0.6) is 17.2 Å². The monoisotopic (exact) mass is 273 g/mol. The number of carbonyl (C=O) groups is 1. The maximum Gasteiger partial charge on any atom is 0.204 e. The molecule has 0 saturated heterocycles. The topological polar surface area (TPSA) is 70.8 Å². The number of halogens is 1. The Balaban J connectivity index is 3.45. The first kappa shape index (κ1) is 14.6. The fourth-order valence-electron chi connectivity index (χ4n) is 1.64. The predicted octanol–water partition coefficient (Wildman–Crippen LogP) is 1.90. The van der Waals surface area contributed by atoms with Crippen LogP contribution in [0.3, 0.4) is 0 Å². The molecule has 0 unspecified atom stereocenters. The van der Waals surface area contributed by atoms with Gasteiger partial charge < -0.3 is 19.9 Å². The van der Waals surface area contributed by atoms with Crippen LogP contribution in [0.4, 0.5) is 0 Å². The molecular weight excluding hydrogens is 258 g/mol. The summed E-state index contributed by atoms with van der Waals surface area (Å²) in [5.74, 6) is 0.814. The molecule has 1 rings (SSSR count). The van der Waals surface area contributed by atoms with Crippen molar-refractivity contribution in [3.05, 3.63) is 16.7 Å². The molecule has 5 nitrogen and oxygen atoms in total. The third-order valence-electron chi connectivity index (χ3n) is 2.43. The number of carbonyl (C=O) groups excluding carboxylic acids is 1. The predicted molar refractivity (Wildman–Crippen MR) is 69.1 cm³/mol. The summed E-state index contributed by atoms with van der Waals surface area (Å²) < 4.78 is 15.5. The minimum Gasteiger partial charge on any atom is -0.493 e. The molecule has 0 aliphatic heterocycles. The van der Waals surface area contributed by atoms with E-state index in [-0.39, 0.29) is 35.1 Å². The van der Waals surface area contributed by atoms with Crippen molar-refractivity contribution in [3.63, 3.8) is 0 Å². The SMILES string of the molecule is COc1cc(Cl)c(C(=O)CCN)c(OC)c1OC. The van der Waals surface area contributed by atoms with Gasteiger partial charge in [0.1, 0.15) is 0 Å². The molecule has 2 N–H and O–H groups in total. The lowest BCUT2D eigenvalue weighted by molar-refractivity contribution is 0.0982. The van der Waals surface area contributed by atoms with Crippen molar-refractivity contribution >= 4 is 17.4 Å². The Morgan fingerprint density at radius 2 is 1.83 bits per heavy atom. The maximum atomic E-state index is 12.0. The number of hydrogen-bond donors (Lipinski definition) is 1. The van der Waals surface area contributed by atoms with Gasteiger partial charge in [-0.2, -0.15) is 0 Å². The molecule has 0 aliphatic rings. The lowest BCUT2D eigenvalue weighted by atomic mass is 10.1. The second kappa shape index (κ2) is 6.47. The molecule has 1 aromatic rings. The number of methoxy groups -OCH3 is 3. The first-order chi connectivity index (χ1) is 8.60.